The number of sulfonamides is 1. The minimum Gasteiger partial charge on any atom is -0.349 e. The van der Waals surface area contributed by atoms with Crippen molar-refractivity contribution in [3.8, 4) is 0 Å². The van der Waals surface area contributed by atoms with E-state index >= 15 is 0 Å². The number of carbonyl (C=O) groups is 1. The molecular weight excluding hydrogens is 538 g/mol. The van der Waals surface area contributed by atoms with Gasteiger partial charge in [-0.3, -0.25) is 9.79 Å². The molecule has 1 aromatic carbocycles. The van der Waals surface area contributed by atoms with Gasteiger partial charge in [0.25, 0.3) is 0 Å². The van der Waals surface area contributed by atoms with Gasteiger partial charge in [-0.2, -0.15) is 21.9 Å². The number of aromatic nitrogens is 1. The predicted molar refractivity (Wildman–Crippen MR) is 127 cm³/mol. The number of pyridine rings is 1. The molecule has 0 unspecified atom stereocenters. The molecule has 2 aromatic rings. The van der Waals surface area contributed by atoms with Gasteiger partial charge in [0, 0.05) is 30.2 Å². The van der Waals surface area contributed by atoms with E-state index in [-0.39, 0.29) is 21.8 Å². The monoisotopic (exact) mass is 560 g/mol. The quantitative estimate of drug-likeness (QED) is 0.225. The van der Waals surface area contributed by atoms with Crippen molar-refractivity contribution < 1.29 is 39.6 Å². The number of carbonyl (C=O) groups excluding carboxylic acids is 1. The van der Waals surface area contributed by atoms with Crippen LogP contribution in [0.3, 0.4) is 0 Å². The lowest BCUT2D eigenvalue weighted by molar-refractivity contribution is -0.124. The summed E-state index contributed by atoms with van der Waals surface area (Å²) >= 11 is 0. The molecule has 1 aliphatic heterocycles. The van der Waals surface area contributed by atoms with Crippen molar-refractivity contribution in [2.45, 2.75) is 43.2 Å². The van der Waals surface area contributed by atoms with Crippen LogP contribution in [0.2, 0.25) is 0 Å². The molecule has 38 heavy (non-hydrogen) atoms. The summed E-state index contributed by atoms with van der Waals surface area (Å²) in [6.45, 7) is 3.11. The van der Waals surface area contributed by atoms with E-state index < -0.39 is 71.2 Å². The Kier molecular flexibility index (Phi) is 8.77. The van der Waals surface area contributed by atoms with Gasteiger partial charge in [-0.25, -0.2) is 22.2 Å². The van der Waals surface area contributed by atoms with E-state index in [4.69, 9.17) is 0 Å². The minimum atomic E-state index is -4.57. The molecule has 1 amide bonds. The third-order valence-corrected chi connectivity index (χ3v) is 7.51. The number of hydrogen-bond donors (Lipinski definition) is 1. The predicted octanol–water partition coefficient (Wildman–Crippen LogP) is 4.33. The lowest BCUT2D eigenvalue weighted by Gasteiger charge is -2.23. The van der Waals surface area contributed by atoms with E-state index in [1.165, 1.54) is 6.07 Å². The van der Waals surface area contributed by atoms with Crippen molar-refractivity contribution >= 4 is 28.3 Å². The molecule has 204 valence electrons. The molecule has 14 heteroatoms. The van der Waals surface area contributed by atoms with Crippen molar-refractivity contribution in [3.05, 3.63) is 77.1 Å². The molecule has 1 aromatic heterocycles. The summed E-state index contributed by atoms with van der Waals surface area (Å²) in [6.07, 6.45) is -4.91. The number of amides is 1. The largest absolute Gasteiger partial charge is 0.412 e. The highest BCUT2D eigenvalue weighted by Gasteiger charge is 2.44. The molecule has 1 saturated heterocycles. The zero-order valence-corrected chi connectivity index (χ0v) is 20.7. The minimum absolute atomic E-state index is 0.0215. The van der Waals surface area contributed by atoms with E-state index in [9.17, 15) is 39.6 Å². The Morgan fingerprint density at radius 3 is 2.47 bits per heavy atom. The van der Waals surface area contributed by atoms with Gasteiger partial charge in [0.1, 0.15) is 18.0 Å². The van der Waals surface area contributed by atoms with Gasteiger partial charge in [0.15, 0.2) is 0 Å². The molecule has 7 nitrogen and oxygen atoms in total. The van der Waals surface area contributed by atoms with Crippen LogP contribution >= 0.6 is 0 Å². The third kappa shape index (κ3) is 6.86. The number of nitrogens with zero attached hydrogens (tertiary/aromatic N) is 3. The Balaban J connectivity index is 1.79. The summed E-state index contributed by atoms with van der Waals surface area (Å²) in [7, 11) is -4.34. The SMILES string of the molecule is C=N/C(=C\C=C(/C)C(F)(F)F)c1cc(F)nc(CNC(=O)[C@@H]2C[C@@H](F)CN2S(=O)(=O)c2ccc(F)cc2)c1. The van der Waals surface area contributed by atoms with Crippen LogP contribution in [0.1, 0.15) is 24.6 Å². The van der Waals surface area contributed by atoms with Crippen molar-refractivity contribution in [2.24, 2.45) is 4.99 Å². The second kappa shape index (κ2) is 11.5. The molecule has 2 heterocycles. The standard InChI is InChI=1S/C24H22F6N4O3S/c1-14(24(28,29)30)3-8-20(31-2)15-9-18(33-22(27)10-15)12-32-23(35)21-11-17(26)13-34(21)38(36,37)19-6-4-16(25)5-7-19/h3-10,17,21H,2,11-13H2,1H3,(H,32,35)/b14-3+,20-8-/t17-,21+/m1/s1. The molecule has 0 bridgehead atoms. The van der Waals surface area contributed by atoms with Crippen molar-refractivity contribution in [3.63, 3.8) is 0 Å². The lowest BCUT2D eigenvalue weighted by Crippen LogP contribution is -2.45. The Morgan fingerprint density at radius 1 is 1.21 bits per heavy atom. The number of allylic oxidation sites excluding steroid dienone is 3. The molecule has 3 rings (SSSR count). The summed E-state index contributed by atoms with van der Waals surface area (Å²) < 4.78 is 106. The fraction of sp³-hybridized carbons (Fsp3) is 0.292. The molecule has 1 aliphatic rings. The Labute approximate surface area is 214 Å². The Hall–Kier alpha value is -3.52. The second-order valence-electron chi connectivity index (χ2n) is 8.32. The van der Waals surface area contributed by atoms with E-state index in [2.05, 4.69) is 22.0 Å². The summed E-state index contributed by atoms with van der Waals surface area (Å²) in [6, 6.07) is 4.54. The zero-order valence-electron chi connectivity index (χ0n) is 19.8. The first-order chi connectivity index (χ1) is 17.7. The maximum atomic E-state index is 14.2. The average molecular weight is 561 g/mol. The van der Waals surface area contributed by atoms with Crippen LogP contribution in [0.4, 0.5) is 26.3 Å². The van der Waals surface area contributed by atoms with E-state index in [0.29, 0.717) is 4.31 Å². The highest BCUT2D eigenvalue weighted by atomic mass is 32.2. The average Bonchev–Trinajstić information content (AvgIpc) is 3.25. The number of rotatable bonds is 8. The summed E-state index contributed by atoms with van der Waals surface area (Å²) in [5.41, 5.74) is -1.08. The van der Waals surface area contributed by atoms with Crippen LogP contribution in [0, 0.1) is 11.8 Å². The maximum absolute atomic E-state index is 14.2. The van der Waals surface area contributed by atoms with Gasteiger partial charge >= 0.3 is 6.18 Å². The van der Waals surface area contributed by atoms with Gasteiger partial charge < -0.3 is 5.32 Å². The molecule has 0 radical (unpaired) electrons. The van der Waals surface area contributed by atoms with E-state index in [1.54, 1.807) is 0 Å². The summed E-state index contributed by atoms with van der Waals surface area (Å²) in [5, 5.41) is 2.38. The lowest BCUT2D eigenvalue weighted by atomic mass is 10.1. The van der Waals surface area contributed by atoms with Gasteiger partial charge in [-0.15, -0.1) is 0 Å². The number of alkyl halides is 4. The Bertz CT molecular complexity index is 1370. The highest BCUT2D eigenvalue weighted by Crippen LogP contribution is 2.29. The normalized spacial score (nSPS) is 19.4. The smallest absolute Gasteiger partial charge is 0.349 e. The third-order valence-electron chi connectivity index (χ3n) is 5.62. The van der Waals surface area contributed by atoms with Crippen LogP contribution in [-0.2, 0) is 21.4 Å². The molecule has 0 spiro atoms. The topological polar surface area (TPSA) is 91.7 Å². The highest BCUT2D eigenvalue weighted by molar-refractivity contribution is 7.89. The van der Waals surface area contributed by atoms with Crippen LogP contribution in [-0.4, -0.2) is 55.3 Å². The van der Waals surface area contributed by atoms with Gasteiger partial charge in [0.2, 0.25) is 21.9 Å². The van der Waals surface area contributed by atoms with Crippen LogP contribution in [0.25, 0.3) is 5.70 Å². The molecule has 0 aliphatic carbocycles. The van der Waals surface area contributed by atoms with E-state index in [1.807, 2.05) is 0 Å². The van der Waals surface area contributed by atoms with Crippen LogP contribution < -0.4 is 5.32 Å². The van der Waals surface area contributed by atoms with Crippen LogP contribution in [0.15, 0.2) is 64.0 Å². The van der Waals surface area contributed by atoms with Gasteiger partial charge in [-0.1, -0.05) is 6.08 Å². The van der Waals surface area contributed by atoms with Gasteiger partial charge in [0.05, 0.1) is 22.8 Å². The van der Waals surface area contributed by atoms with Gasteiger partial charge in [-0.05, 0) is 50.0 Å². The number of aliphatic imine (C=N–C) groups is 1. The zero-order chi connectivity index (χ0) is 28.3. The number of hydrogen-bond acceptors (Lipinski definition) is 5. The molecule has 0 saturated carbocycles. The number of halogens is 6. The molecule has 2 atom stereocenters. The molecule has 1 N–H and O–H groups in total. The van der Waals surface area contributed by atoms with Crippen LogP contribution in [0.5, 0.6) is 0 Å². The fourth-order valence-corrected chi connectivity index (χ4v) is 5.25. The van der Waals surface area contributed by atoms with Crippen molar-refractivity contribution in [1.29, 1.82) is 0 Å². The molecular formula is C24H22F6N4O3S. The fourth-order valence-electron chi connectivity index (χ4n) is 3.63. The summed E-state index contributed by atoms with van der Waals surface area (Å²) in [5.74, 6) is -2.59. The first kappa shape index (κ1) is 29.0. The van der Waals surface area contributed by atoms with Crippen molar-refractivity contribution in [2.75, 3.05) is 6.54 Å². The Morgan fingerprint density at radius 2 is 1.87 bits per heavy atom. The van der Waals surface area contributed by atoms with E-state index in [0.717, 1.165) is 49.4 Å². The first-order valence-corrected chi connectivity index (χ1v) is 12.4. The second-order valence-corrected chi connectivity index (χ2v) is 10.2. The molecule has 1 fully saturated rings. The maximum Gasteiger partial charge on any atom is 0.412 e. The van der Waals surface area contributed by atoms with Crippen molar-refractivity contribution in [1.82, 2.24) is 14.6 Å². The summed E-state index contributed by atoms with van der Waals surface area (Å²) in [4.78, 5) is 19.7. The number of benzene rings is 1. The first-order valence-electron chi connectivity index (χ1n) is 11.0. The number of nitrogens with one attached hydrogen (secondary N) is 1.